The standard InChI is InChI=1S/C18H18N2O2/c1-17(2,19-11-21)14-8-9-15-13(10-14)6-5-7-16(15)18(3,4)20-12-22/h5-10H,1-4H3. The van der Waals surface area contributed by atoms with Crippen molar-refractivity contribution < 1.29 is 9.59 Å². The minimum Gasteiger partial charge on any atom is -0.211 e. The molecule has 0 aliphatic rings. The lowest BCUT2D eigenvalue weighted by molar-refractivity contribution is 0.523. The Kier molecular flexibility index (Phi) is 4.09. The Hall–Kier alpha value is -2.54. The van der Waals surface area contributed by atoms with Crippen molar-refractivity contribution in [1.82, 2.24) is 0 Å². The highest BCUT2D eigenvalue weighted by molar-refractivity contribution is 5.87. The van der Waals surface area contributed by atoms with E-state index in [0.29, 0.717) is 0 Å². The van der Waals surface area contributed by atoms with Crippen molar-refractivity contribution in [2.24, 2.45) is 9.98 Å². The van der Waals surface area contributed by atoms with E-state index in [1.54, 1.807) is 12.2 Å². The number of aliphatic imine (C=N–C) groups is 2. The van der Waals surface area contributed by atoms with E-state index in [1.807, 2.05) is 64.1 Å². The first-order valence-corrected chi connectivity index (χ1v) is 7.03. The molecule has 0 amide bonds. The Morgan fingerprint density at radius 1 is 0.864 bits per heavy atom. The average molecular weight is 294 g/mol. The quantitative estimate of drug-likeness (QED) is 0.632. The van der Waals surface area contributed by atoms with Gasteiger partial charge in [-0.3, -0.25) is 0 Å². The minimum absolute atomic E-state index is 0.623. The maximum absolute atomic E-state index is 10.6. The SMILES string of the molecule is CC(C)(N=C=O)c1ccc2c(C(C)(C)N=C=O)cccc2c1. The van der Waals surface area contributed by atoms with E-state index in [4.69, 9.17) is 0 Å². The fraction of sp³-hybridized carbons (Fsp3) is 0.333. The van der Waals surface area contributed by atoms with Crippen LogP contribution in [0, 0.1) is 0 Å². The predicted molar refractivity (Wildman–Crippen MR) is 86.2 cm³/mol. The molecular formula is C18H18N2O2. The zero-order chi connectivity index (χ0) is 16.4. The van der Waals surface area contributed by atoms with Gasteiger partial charge in [0.05, 0.1) is 11.1 Å². The molecule has 0 radical (unpaired) electrons. The first-order chi connectivity index (χ1) is 10.3. The van der Waals surface area contributed by atoms with Crippen molar-refractivity contribution in [3.8, 4) is 0 Å². The molecule has 0 unspecified atom stereocenters. The number of carbonyl (C=O) groups excluding carboxylic acids is 2. The van der Waals surface area contributed by atoms with Gasteiger partial charge in [0.2, 0.25) is 12.2 Å². The van der Waals surface area contributed by atoms with Crippen molar-refractivity contribution in [1.29, 1.82) is 0 Å². The molecule has 0 aliphatic heterocycles. The van der Waals surface area contributed by atoms with Crippen molar-refractivity contribution in [2.45, 2.75) is 38.8 Å². The first kappa shape index (κ1) is 15.8. The summed E-state index contributed by atoms with van der Waals surface area (Å²) in [5, 5.41) is 2.03. The van der Waals surface area contributed by atoms with Gasteiger partial charge >= 0.3 is 0 Å². The van der Waals surface area contributed by atoms with E-state index in [0.717, 1.165) is 21.9 Å². The highest BCUT2D eigenvalue weighted by Gasteiger charge is 2.24. The smallest absolute Gasteiger partial charge is 0.211 e. The molecule has 0 fully saturated rings. The van der Waals surface area contributed by atoms with Crippen LogP contribution in [0.15, 0.2) is 46.4 Å². The largest absolute Gasteiger partial charge is 0.235 e. The normalized spacial score (nSPS) is 11.6. The van der Waals surface area contributed by atoms with Crippen LogP contribution in [-0.4, -0.2) is 12.2 Å². The molecule has 0 aromatic heterocycles. The lowest BCUT2D eigenvalue weighted by Gasteiger charge is -2.22. The molecule has 0 bridgehead atoms. The topological polar surface area (TPSA) is 58.9 Å². The number of fused-ring (bicyclic) bond motifs is 1. The Balaban J connectivity index is 2.68. The zero-order valence-corrected chi connectivity index (χ0v) is 13.2. The fourth-order valence-electron chi connectivity index (χ4n) is 2.55. The molecule has 0 saturated carbocycles. The molecule has 4 heteroatoms. The second-order valence-corrected chi connectivity index (χ2v) is 6.27. The zero-order valence-electron chi connectivity index (χ0n) is 13.2. The van der Waals surface area contributed by atoms with Crippen molar-refractivity contribution in [2.75, 3.05) is 0 Å². The van der Waals surface area contributed by atoms with Gasteiger partial charge < -0.3 is 0 Å². The van der Waals surface area contributed by atoms with Crippen molar-refractivity contribution >= 4 is 22.9 Å². The summed E-state index contributed by atoms with van der Waals surface area (Å²) in [6.45, 7) is 7.48. The minimum atomic E-state index is -0.640. The molecule has 0 spiro atoms. The Morgan fingerprint density at radius 2 is 1.50 bits per heavy atom. The first-order valence-electron chi connectivity index (χ1n) is 7.03. The van der Waals surface area contributed by atoms with Gasteiger partial charge in [0.1, 0.15) is 0 Å². The van der Waals surface area contributed by atoms with Crippen LogP contribution in [0.3, 0.4) is 0 Å². The van der Waals surface area contributed by atoms with E-state index in [9.17, 15) is 9.59 Å². The molecule has 22 heavy (non-hydrogen) atoms. The summed E-state index contributed by atoms with van der Waals surface area (Å²) in [5.74, 6) is 0. The van der Waals surface area contributed by atoms with Crippen LogP contribution < -0.4 is 0 Å². The van der Waals surface area contributed by atoms with Crippen LogP contribution in [-0.2, 0) is 20.7 Å². The lowest BCUT2D eigenvalue weighted by Crippen LogP contribution is -2.15. The molecule has 112 valence electrons. The molecular weight excluding hydrogens is 276 g/mol. The van der Waals surface area contributed by atoms with Gasteiger partial charge in [0.25, 0.3) is 0 Å². The number of rotatable bonds is 4. The Bertz CT molecular complexity index is 809. The summed E-state index contributed by atoms with van der Waals surface area (Å²) in [6.07, 6.45) is 3.26. The van der Waals surface area contributed by atoms with Crippen LogP contribution in [0.25, 0.3) is 10.8 Å². The molecule has 0 atom stereocenters. The highest BCUT2D eigenvalue weighted by Crippen LogP contribution is 2.34. The number of isocyanates is 2. The summed E-state index contributed by atoms with van der Waals surface area (Å²) in [7, 11) is 0. The van der Waals surface area contributed by atoms with Crippen LogP contribution in [0.4, 0.5) is 0 Å². The summed E-state index contributed by atoms with van der Waals surface area (Å²) < 4.78 is 0. The average Bonchev–Trinajstić information content (AvgIpc) is 2.46. The molecule has 2 aromatic rings. The van der Waals surface area contributed by atoms with Crippen molar-refractivity contribution in [3.05, 3.63) is 47.5 Å². The fourth-order valence-corrected chi connectivity index (χ4v) is 2.55. The summed E-state index contributed by atoms with van der Waals surface area (Å²) >= 11 is 0. The lowest BCUT2D eigenvalue weighted by atomic mass is 9.87. The third-order valence-corrected chi connectivity index (χ3v) is 3.90. The van der Waals surface area contributed by atoms with Gasteiger partial charge in [0, 0.05) is 0 Å². The van der Waals surface area contributed by atoms with Crippen LogP contribution in [0.2, 0.25) is 0 Å². The molecule has 0 N–H and O–H groups in total. The van der Waals surface area contributed by atoms with Crippen LogP contribution in [0.5, 0.6) is 0 Å². The summed E-state index contributed by atoms with van der Waals surface area (Å²) in [6, 6.07) is 11.8. The van der Waals surface area contributed by atoms with Gasteiger partial charge in [-0.15, -0.1) is 0 Å². The molecule has 0 saturated heterocycles. The number of hydrogen-bond donors (Lipinski definition) is 0. The van der Waals surface area contributed by atoms with Gasteiger partial charge in [0.15, 0.2) is 0 Å². The summed E-state index contributed by atoms with van der Waals surface area (Å²) in [4.78, 5) is 29.0. The Morgan fingerprint density at radius 3 is 2.14 bits per heavy atom. The van der Waals surface area contributed by atoms with E-state index >= 15 is 0 Å². The van der Waals surface area contributed by atoms with Crippen LogP contribution >= 0.6 is 0 Å². The van der Waals surface area contributed by atoms with Crippen LogP contribution in [0.1, 0.15) is 38.8 Å². The van der Waals surface area contributed by atoms with E-state index in [1.165, 1.54) is 0 Å². The highest BCUT2D eigenvalue weighted by atomic mass is 16.1. The molecule has 2 aromatic carbocycles. The molecule has 0 heterocycles. The van der Waals surface area contributed by atoms with Crippen molar-refractivity contribution in [3.63, 3.8) is 0 Å². The van der Waals surface area contributed by atoms with Gasteiger partial charge in [-0.1, -0.05) is 30.3 Å². The van der Waals surface area contributed by atoms with Gasteiger partial charge in [-0.25, -0.2) is 9.59 Å². The summed E-state index contributed by atoms with van der Waals surface area (Å²) in [5.41, 5.74) is 0.621. The van der Waals surface area contributed by atoms with Gasteiger partial charge in [-0.2, -0.15) is 9.98 Å². The molecule has 2 rings (SSSR count). The third kappa shape index (κ3) is 2.89. The third-order valence-electron chi connectivity index (χ3n) is 3.90. The molecule has 0 aliphatic carbocycles. The Labute approximate surface area is 129 Å². The molecule has 4 nitrogen and oxygen atoms in total. The maximum Gasteiger partial charge on any atom is 0.235 e. The maximum atomic E-state index is 10.6. The van der Waals surface area contributed by atoms with E-state index < -0.39 is 11.1 Å². The number of benzene rings is 2. The number of nitrogens with zero attached hydrogens (tertiary/aromatic N) is 2. The second-order valence-electron chi connectivity index (χ2n) is 6.27. The monoisotopic (exact) mass is 294 g/mol. The van der Waals surface area contributed by atoms with E-state index in [2.05, 4.69) is 9.98 Å². The second kappa shape index (κ2) is 5.69. The number of hydrogen-bond acceptors (Lipinski definition) is 4. The van der Waals surface area contributed by atoms with Gasteiger partial charge in [-0.05, 0) is 55.7 Å². The van der Waals surface area contributed by atoms with E-state index in [-0.39, 0.29) is 0 Å². The predicted octanol–water partition coefficient (Wildman–Crippen LogP) is 3.98.